The lowest BCUT2D eigenvalue weighted by Gasteiger charge is -2.36. The minimum atomic E-state index is -3.55. The monoisotopic (exact) mass is 363 g/mol. The summed E-state index contributed by atoms with van der Waals surface area (Å²) in [5, 5.41) is 9.08. The highest BCUT2D eigenvalue weighted by molar-refractivity contribution is 9.10. The van der Waals surface area contributed by atoms with Crippen LogP contribution in [0.5, 0.6) is 0 Å². The quantitative estimate of drug-likeness (QED) is 0.895. The lowest BCUT2D eigenvalue weighted by molar-refractivity contribution is 0.202. The average Bonchev–Trinajstić information content (AvgIpc) is 3.03. The van der Waals surface area contributed by atoms with Crippen LogP contribution in [-0.2, 0) is 16.6 Å². The predicted molar refractivity (Wildman–Crippen MR) is 76.6 cm³/mol. The molecule has 0 amide bonds. The van der Waals surface area contributed by atoms with Gasteiger partial charge in [-0.1, -0.05) is 6.42 Å². The van der Waals surface area contributed by atoms with Crippen LogP contribution in [0.4, 0.5) is 0 Å². The van der Waals surface area contributed by atoms with Crippen molar-refractivity contribution in [3.05, 3.63) is 16.5 Å². The zero-order valence-electron chi connectivity index (χ0n) is 11.1. The highest BCUT2D eigenvalue weighted by Gasteiger charge is 2.42. The molecule has 7 heteroatoms. The highest BCUT2D eigenvalue weighted by atomic mass is 79.9. The first-order valence-electron chi connectivity index (χ1n) is 6.95. The molecule has 1 aliphatic carbocycles. The van der Waals surface area contributed by atoms with Gasteiger partial charge in [-0.25, -0.2) is 8.42 Å². The summed E-state index contributed by atoms with van der Waals surface area (Å²) in [6.45, 7) is 0.274. The molecule has 0 spiro atoms. The van der Waals surface area contributed by atoms with E-state index in [4.69, 9.17) is 9.52 Å². The van der Waals surface area contributed by atoms with Crippen LogP contribution < -0.4 is 0 Å². The molecule has 2 atom stereocenters. The molecule has 2 aliphatic rings. The SMILES string of the molecule is O=S(=O)(c1cc(CO)oc1Br)N1CCCC2CCCC21. The lowest BCUT2D eigenvalue weighted by atomic mass is 9.94. The Morgan fingerprint density at radius 2 is 2.10 bits per heavy atom. The third-order valence-corrected chi connectivity index (χ3v) is 7.17. The fourth-order valence-electron chi connectivity index (χ4n) is 3.48. The van der Waals surface area contributed by atoms with E-state index in [-0.39, 0.29) is 28.0 Å². The maximum absolute atomic E-state index is 12.8. The van der Waals surface area contributed by atoms with E-state index in [9.17, 15) is 8.42 Å². The van der Waals surface area contributed by atoms with Gasteiger partial charge in [-0.05, 0) is 47.5 Å². The molecule has 20 heavy (non-hydrogen) atoms. The number of hydrogen-bond donors (Lipinski definition) is 1. The normalized spacial score (nSPS) is 27.7. The van der Waals surface area contributed by atoms with Gasteiger partial charge >= 0.3 is 0 Å². The van der Waals surface area contributed by atoms with Crippen molar-refractivity contribution in [2.24, 2.45) is 5.92 Å². The fraction of sp³-hybridized carbons (Fsp3) is 0.692. The van der Waals surface area contributed by atoms with Gasteiger partial charge in [-0.3, -0.25) is 0 Å². The van der Waals surface area contributed by atoms with Crippen molar-refractivity contribution in [3.8, 4) is 0 Å². The zero-order chi connectivity index (χ0) is 14.3. The van der Waals surface area contributed by atoms with Gasteiger partial charge in [0.15, 0.2) is 4.67 Å². The highest BCUT2D eigenvalue weighted by Crippen LogP contribution is 2.40. The summed E-state index contributed by atoms with van der Waals surface area (Å²) in [6, 6.07) is 1.55. The molecular formula is C13H18BrNO4S. The van der Waals surface area contributed by atoms with Crippen molar-refractivity contribution >= 4 is 26.0 Å². The van der Waals surface area contributed by atoms with Gasteiger partial charge in [0.05, 0.1) is 0 Å². The number of nitrogens with zero attached hydrogens (tertiary/aromatic N) is 1. The number of fused-ring (bicyclic) bond motifs is 1. The van der Waals surface area contributed by atoms with E-state index in [0.717, 1.165) is 32.1 Å². The Kier molecular flexibility index (Phi) is 3.96. The lowest BCUT2D eigenvalue weighted by Crippen LogP contribution is -2.46. The first kappa shape index (κ1) is 14.6. The molecule has 5 nitrogen and oxygen atoms in total. The molecule has 1 aromatic heterocycles. The summed E-state index contributed by atoms with van der Waals surface area (Å²) in [4.78, 5) is 0.133. The van der Waals surface area contributed by atoms with Gasteiger partial charge in [0.25, 0.3) is 0 Å². The maximum Gasteiger partial charge on any atom is 0.247 e. The first-order valence-corrected chi connectivity index (χ1v) is 9.18. The van der Waals surface area contributed by atoms with E-state index in [2.05, 4.69) is 15.9 Å². The van der Waals surface area contributed by atoms with Crippen LogP contribution in [0.15, 0.2) is 20.0 Å². The van der Waals surface area contributed by atoms with Gasteiger partial charge < -0.3 is 9.52 Å². The van der Waals surface area contributed by atoms with Gasteiger partial charge in [0.1, 0.15) is 17.3 Å². The van der Waals surface area contributed by atoms with Crippen LogP contribution in [0.2, 0.25) is 0 Å². The molecule has 112 valence electrons. The largest absolute Gasteiger partial charge is 0.450 e. The Hall–Kier alpha value is -0.370. The minimum Gasteiger partial charge on any atom is -0.450 e. The van der Waals surface area contributed by atoms with E-state index in [1.165, 1.54) is 6.07 Å². The molecule has 1 N–H and O–H groups in total. The Bertz CT molecular complexity index is 598. The molecule has 2 unspecified atom stereocenters. The Morgan fingerprint density at radius 1 is 1.35 bits per heavy atom. The molecule has 2 fully saturated rings. The average molecular weight is 364 g/mol. The van der Waals surface area contributed by atoms with E-state index in [1.807, 2.05) is 0 Å². The number of furan rings is 1. The molecule has 3 rings (SSSR count). The third kappa shape index (κ3) is 2.34. The summed E-state index contributed by atoms with van der Waals surface area (Å²) < 4.78 is 32.7. The standard InChI is InChI=1S/C13H18BrNO4S/c14-13-12(7-10(8-16)19-13)20(17,18)15-6-2-4-9-3-1-5-11(9)15/h7,9,11,16H,1-6,8H2. The molecule has 1 saturated heterocycles. The Morgan fingerprint density at radius 3 is 2.80 bits per heavy atom. The third-order valence-electron chi connectivity index (χ3n) is 4.39. The zero-order valence-corrected chi connectivity index (χ0v) is 13.5. The van der Waals surface area contributed by atoms with Gasteiger partial charge in [0, 0.05) is 18.7 Å². The van der Waals surface area contributed by atoms with Crippen molar-refractivity contribution in [1.29, 1.82) is 0 Å². The Labute approximate surface area is 127 Å². The molecule has 0 aromatic carbocycles. The van der Waals surface area contributed by atoms with E-state index in [0.29, 0.717) is 12.5 Å². The summed E-state index contributed by atoms with van der Waals surface area (Å²) in [5.74, 6) is 0.761. The summed E-state index contributed by atoms with van der Waals surface area (Å²) >= 11 is 3.15. The van der Waals surface area contributed by atoms with Crippen LogP contribution in [0.1, 0.15) is 37.9 Å². The number of aliphatic hydroxyl groups is 1. The van der Waals surface area contributed by atoms with Gasteiger partial charge in [-0.15, -0.1) is 0 Å². The molecule has 0 bridgehead atoms. The van der Waals surface area contributed by atoms with Crippen LogP contribution >= 0.6 is 15.9 Å². The van der Waals surface area contributed by atoms with E-state index >= 15 is 0 Å². The second kappa shape index (κ2) is 5.44. The first-order chi connectivity index (χ1) is 9.54. The van der Waals surface area contributed by atoms with Crippen LogP contribution in [-0.4, -0.2) is 30.4 Å². The van der Waals surface area contributed by atoms with Crippen molar-refractivity contribution in [2.75, 3.05) is 6.54 Å². The van der Waals surface area contributed by atoms with Crippen molar-refractivity contribution in [3.63, 3.8) is 0 Å². The van der Waals surface area contributed by atoms with Gasteiger partial charge in [-0.2, -0.15) is 4.31 Å². The number of hydrogen-bond acceptors (Lipinski definition) is 4. The van der Waals surface area contributed by atoms with Crippen LogP contribution in [0, 0.1) is 5.92 Å². The molecule has 2 heterocycles. The van der Waals surface area contributed by atoms with Crippen molar-refractivity contribution in [1.82, 2.24) is 4.31 Å². The second-order valence-corrected chi connectivity index (χ2v) is 8.10. The number of aliphatic hydroxyl groups excluding tert-OH is 1. The van der Waals surface area contributed by atoms with Gasteiger partial charge in [0.2, 0.25) is 10.0 Å². The smallest absolute Gasteiger partial charge is 0.247 e. The van der Waals surface area contributed by atoms with Crippen LogP contribution in [0.3, 0.4) is 0 Å². The topological polar surface area (TPSA) is 70.8 Å². The minimum absolute atomic E-state index is 0.133. The summed E-state index contributed by atoms with van der Waals surface area (Å²) in [6.07, 6.45) is 5.24. The van der Waals surface area contributed by atoms with E-state index in [1.54, 1.807) is 4.31 Å². The van der Waals surface area contributed by atoms with Crippen molar-refractivity contribution < 1.29 is 17.9 Å². The molecule has 1 aliphatic heterocycles. The number of halogens is 1. The Balaban J connectivity index is 1.96. The molecular weight excluding hydrogens is 346 g/mol. The van der Waals surface area contributed by atoms with E-state index < -0.39 is 10.0 Å². The second-order valence-electron chi connectivity index (χ2n) is 5.53. The fourth-order valence-corrected chi connectivity index (χ4v) is 6.20. The molecule has 0 radical (unpaired) electrons. The number of sulfonamides is 1. The molecule has 1 saturated carbocycles. The summed E-state index contributed by atoms with van der Waals surface area (Å²) in [5.41, 5.74) is 0. The predicted octanol–water partition coefficient (Wildman–Crippen LogP) is 2.49. The number of piperidine rings is 1. The molecule has 1 aromatic rings. The van der Waals surface area contributed by atoms with Crippen molar-refractivity contribution in [2.45, 2.75) is 49.6 Å². The maximum atomic E-state index is 12.8. The number of rotatable bonds is 3. The van der Waals surface area contributed by atoms with Crippen LogP contribution in [0.25, 0.3) is 0 Å². The summed E-state index contributed by atoms with van der Waals surface area (Å²) in [7, 11) is -3.55.